The average Bonchev–Trinajstić information content (AvgIpc) is 3.40. The first kappa shape index (κ1) is 16.8. The molecule has 0 aliphatic heterocycles. The van der Waals surface area contributed by atoms with Crippen molar-refractivity contribution in [3.8, 4) is 28.0 Å². The second-order valence-electron chi connectivity index (χ2n) is 5.40. The number of thiazole rings is 1. The fourth-order valence-electron chi connectivity index (χ4n) is 2.45. The van der Waals surface area contributed by atoms with E-state index in [2.05, 4.69) is 11.1 Å². The Balaban J connectivity index is 1.64. The largest absolute Gasteiger partial charge is 0.457 e. The number of hydrogen-bond acceptors (Lipinski definition) is 5. The predicted molar refractivity (Wildman–Crippen MR) is 108 cm³/mol. The van der Waals surface area contributed by atoms with Gasteiger partial charge in [0.1, 0.15) is 22.6 Å². The maximum atomic E-state index is 9.53. The van der Waals surface area contributed by atoms with Crippen molar-refractivity contribution in [3.05, 3.63) is 75.1 Å². The molecule has 0 spiro atoms. The summed E-state index contributed by atoms with van der Waals surface area (Å²) in [6.07, 6.45) is 1.71. The number of benzene rings is 1. The zero-order valence-electron chi connectivity index (χ0n) is 13.3. The van der Waals surface area contributed by atoms with Crippen molar-refractivity contribution in [2.75, 3.05) is 0 Å². The molecule has 1 aromatic carbocycles. The van der Waals surface area contributed by atoms with Crippen molar-refractivity contribution in [1.29, 1.82) is 5.26 Å². The van der Waals surface area contributed by atoms with Gasteiger partial charge in [-0.15, -0.1) is 22.7 Å². The van der Waals surface area contributed by atoms with Gasteiger partial charge >= 0.3 is 0 Å². The molecule has 0 saturated carbocycles. The van der Waals surface area contributed by atoms with Gasteiger partial charge in [0.25, 0.3) is 0 Å². The molecule has 26 heavy (non-hydrogen) atoms. The Kier molecular flexibility index (Phi) is 4.72. The molecule has 4 rings (SSSR count). The summed E-state index contributed by atoms with van der Waals surface area (Å²) in [5.41, 5.74) is 2.26. The van der Waals surface area contributed by atoms with Crippen molar-refractivity contribution < 1.29 is 4.42 Å². The van der Waals surface area contributed by atoms with E-state index in [4.69, 9.17) is 16.0 Å². The van der Waals surface area contributed by atoms with Gasteiger partial charge in [-0.1, -0.05) is 29.8 Å². The fourth-order valence-corrected chi connectivity index (χ4v) is 4.18. The highest BCUT2D eigenvalue weighted by molar-refractivity contribution is 7.14. The van der Waals surface area contributed by atoms with Crippen LogP contribution < -0.4 is 0 Å². The highest BCUT2D eigenvalue weighted by Gasteiger charge is 2.11. The van der Waals surface area contributed by atoms with Crippen LogP contribution >= 0.6 is 34.3 Å². The normalized spacial score (nSPS) is 11.5. The summed E-state index contributed by atoms with van der Waals surface area (Å²) in [5.74, 6) is 1.30. The minimum absolute atomic E-state index is 0.477. The number of halogens is 1. The molecule has 3 aromatic heterocycles. The average molecular weight is 395 g/mol. The van der Waals surface area contributed by atoms with Crippen molar-refractivity contribution in [3.63, 3.8) is 0 Å². The Morgan fingerprint density at radius 1 is 1.15 bits per heavy atom. The molecule has 0 bridgehead atoms. The number of nitrogens with zero attached hydrogens (tertiary/aromatic N) is 2. The molecule has 0 amide bonds. The molecular weight excluding hydrogens is 384 g/mol. The lowest BCUT2D eigenvalue weighted by atomic mass is 10.2. The first-order valence-electron chi connectivity index (χ1n) is 7.70. The van der Waals surface area contributed by atoms with Gasteiger partial charge in [-0.25, -0.2) is 4.98 Å². The molecule has 3 heterocycles. The third-order valence-electron chi connectivity index (χ3n) is 3.65. The van der Waals surface area contributed by atoms with E-state index < -0.39 is 0 Å². The smallest absolute Gasteiger partial charge is 0.134 e. The monoisotopic (exact) mass is 394 g/mol. The zero-order valence-corrected chi connectivity index (χ0v) is 15.7. The number of allylic oxidation sites excluding steroid dienone is 1. The van der Waals surface area contributed by atoms with Crippen LogP contribution in [-0.4, -0.2) is 4.98 Å². The van der Waals surface area contributed by atoms with Gasteiger partial charge in [-0.05, 0) is 35.7 Å². The molecule has 0 fully saturated rings. The Hall–Kier alpha value is -2.65. The topological polar surface area (TPSA) is 49.8 Å². The number of furan rings is 1. The van der Waals surface area contributed by atoms with E-state index >= 15 is 0 Å². The molecule has 126 valence electrons. The van der Waals surface area contributed by atoms with Crippen molar-refractivity contribution in [1.82, 2.24) is 4.98 Å². The molecule has 3 nitrogen and oxygen atoms in total. The SMILES string of the molecule is N#C/C(=C\c1ccc(-c2cccc(Cl)c2)o1)c1nc(-c2cccs2)cs1. The molecule has 0 N–H and O–H groups in total. The summed E-state index contributed by atoms with van der Waals surface area (Å²) >= 11 is 9.11. The van der Waals surface area contributed by atoms with Crippen LogP contribution in [0.4, 0.5) is 0 Å². The predicted octanol–water partition coefficient (Wildman–Crippen LogP) is 6.85. The van der Waals surface area contributed by atoms with Crippen molar-refractivity contribution in [2.45, 2.75) is 0 Å². The molecule has 0 aliphatic rings. The van der Waals surface area contributed by atoms with E-state index in [1.54, 1.807) is 17.4 Å². The minimum Gasteiger partial charge on any atom is -0.457 e. The Morgan fingerprint density at radius 3 is 2.85 bits per heavy atom. The van der Waals surface area contributed by atoms with Gasteiger partial charge in [-0.2, -0.15) is 5.26 Å². The summed E-state index contributed by atoms with van der Waals surface area (Å²) in [6.45, 7) is 0. The van der Waals surface area contributed by atoms with E-state index in [0.717, 1.165) is 16.1 Å². The van der Waals surface area contributed by atoms with Gasteiger partial charge in [0, 0.05) is 22.0 Å². The molecule has 0 atom stereocenters. The highest BCUT2D eigenvalue weighted by Crippen LogP contribution is 2.31. The van der Waals surface area contributed by atoms with E-state index in [-0.39, 0.29) is 0 Å². The molecule has 4 aromatic rings. The van der Waals surface area contributed by atoms with Gasteiger partial charge in [-0.3, -0.25) is 0 Å². The van der Waals surface area contributed by atoms with Gasteiger partial charge in [0.15, 0.2) is 0 Å². The lowest BCUT2D eigenvalue weighted by Crippen LogP contribution is -1.80. The van der Waals surface area contributed by atoms with Crippen molar-refractivity contribution in [2.24, 2.45) is 0 Å². The lowest BCUT2D eigenvalue weighted by molar-refractivity contribution is 0.572. The zero-order chi connectivity index (χ0) is 17.9. The van der Waals surface area contributed by atoms with Crippen LogP contribution in [0.2, 0.25) is 5.02 Å². The summed E-state index contributed by atoms with van der Waals surface area (Å²) < 4.78 is 5.85. The third kappa shape index (κ3) is 3.49. The van der Waals surface area contributed by atoms with Crippen molar-refractivity contribution >= 4 is 45.9 Å². The molecular formula is C20H11ClN2OS2. The second kappa shape index (κ2) is 7.30. The Morgan fingerprint density at radius 2 is 2.08 bits per heavy atom. The van der Waals surface area contributed by atoms with Gasteiger partial charge < -0.3 is 4.42 Å². The lowest BCUT2D eigenvalue weighted by Gasteiger charge is -1.97. The number of aromatic nitrogens is 1. The Labute approximate surface area is 163 Å². The van der Waals surface area contributed by atoms with E-state index in [0.29, 0.717) is 27.1 Å². The van der Waals surface area contributed by atoms with Crippen LogP contribution in [0.25, 0.3) is 33.5 Å². The minimum atomic E-state index is 0.477. The van der Waals surface area contributed by atoms with Crippen LogP contribution in [0.15, 0.2) is 63.7 Å². The van der Waals surface area contributed by atoms with E-state index in [9.17, 15) is 5.26 Å². The quantitative estimate of drug-likeness (QED) is 0.355. The number of hydrogen-bond donors (Lipinski definition) is 0. The summed E-state index contributed by atoms with van der Waals surface area (Å²) in [4.78, 5) is 5.66. The van der Waals surface area contributed by atoms with Gasteiger partial charge in [0.05, 0.1) is 16.1 Å². The first-order valence-corrected chi connectivity index (χ1v) is 9.84. The summed E-state index contributed by atoms with van der Waals surface area (Å²) in [6, 6.07) is 17.4. The fraction of sp³-hybridized carbons (Fsp3) is 0. The highest BCUT2D eigenvalue weighted by atomic mass is 35.5. The first-order chi connectivity index (χ1) is 12.7. The van der Waals surface area contributed by atoms with Crippen LogP contribution in [-0.2, 0) is 0 Å². The number of nitriles is 1. The van der Waals surface area contributed by atoms with Crippen LogP contribution in [0.3, 0.4) is 0 Å². The van der Waals surface area contributed by atoms with Crippen LogP contribution in [0, 0.1) is 11.3 Å². The maximum absolute atomic E-state index is 9.53. The summed E-state index contributed by atoms with van der Waals surface area (Å²) in [5, 5.41) is 14.8. The van der Waals surface area contributed by atoms with Gasteiger partial charge in [0.2, 0.25) is 0 Å². The maximum Gasteiger partial charge on any atom is 0.134 e. The molecule has 6 heteroatoms. The van der Waals surface area contributed by atoms with Crippen LogP contribution in [0.5, 0.6) is 0 Å². The molecule has 0 radical (unpaired) electrons. The van der Waals surface area contributed by atoms with E-state index in [1.165, 1.54) is 11.3 Å². The summed E-state index contributed by atoms with van der Waals surface area (Å²) in [7, 11) is 0. The molecule has 0 unspecified atom stereocenters. The Bertz CT molecular complexity index is 1120. The van der Waals surface area contributed by atoms with Crippen LogP contribution in [0.1, 0.15) is 10.8 Å². The van der Waals surface area contributed by atoms with E-state index in [1.807, 2.05) is 59.3 Å². The number of thiophene rings is 1. The standard InChI is InChI=1S/C20H11ClN2OS2/c21-15-4-1-3-13(9-15)18-7-6-16(24-18)10-14(11-22)20-23-17(12-26-20)19-5-2-8-25-19/h1-10,12H/b14-10+. The molecule has 0 saturated heterocycles. The number of rotatable bonds is 4. The second-order valence-corrected chi connectivity index (χ2v) is 7.64. The molecule has 0 aliphatic carbocycles. The third-order valence-corrected chi connectivity index (χ3v) is 5.65.